The molecule has 0 spiro atoms. The Morgan fingerprint density at radius 3 is 2.36 bits per heavy atom. The highest BCUT2D eigenvalue weighted by Crippen LogP contribution is 2.21. The van der Waals surface area contributed by atoms with Crippen LogP contribution in [0.3, 0.4) is 0 Å². The number of halogens is 1. The molecule has 0 saturated carbocycles. The van der Waals surface area contributed by atoms with Gasteiger partial charge in [0.1, 0.15) is 18.2 Å². The molecule has 1 aliphatic rings. The SMILES string of the molecule is O=C1OC(c2ccccc2)=N/C1=C\c1ccc(OCc2ccc(F)cc2)cc1. The second-order valence-electron chi connectivity index (χ2n) is 6.19. The molecular weight excluding hydrogens is 357 g/mol. The Hall–Kier alpha value is -3.73. The van der Waals surface area contributed by atoms with E-state index in [9.17, 15) is 9.18 Å². The van der Waals surface area contributed by atoms with Crippen LogP contribution < -0.4 is 4.74 Å². The van der Waals surface area contributed by atoms with E-state index in [1.165, 1.54) is 12.1 Å². The van der Waals surface area contributed by atoms with Gasteiger partial charge < -0.3 is 9.47 Å². The smallest absolute Gasteiger partial charge is 0.363 e. The minimum atomic E-state index is -0.476. The summed E-state index contributed by atoms with van der Waals surface area (Å²) in [6.07, 6.45) is 1.67. The fourth-order valence-corrected chi connectivity index (χ4v) is 2.68. The second kappa shape index (κ2) is 7.88. The van der Waals surface area contributed by atoms with Gasteiger partial charge in [-0.25, -0.2) is 14.2 Å². The van der Waals surface area contributed by atoms with E-state index < -0.39 is 5.97 Å². The number of rotatable bonds is 5. The first-order chi connectivity index (χ1) is 13.7. The van der Waals surface area contributed by atoms with Crippen molar-refractivity contribution in [2.75, 3.05) is 0 Å². The van der Waals surface area contributed by atoms with Crippen molar-refractivity contribution in [1.82, 2.24) is 0 Å². The highest BCUT2D eigenvalue weighted by Gasteiger charge is 2.23. The first kappa shape index (κ1) is 17.7. The number of hydrogen-bond acceptors (Lipinski definition) is 4. The molecule has 5 heteroatoms. The van der Waals surface area contributed by atoms with Gasteiger partial charge in [-0.1, -0.05) is 42.5 Å². The molecule has 4 rings (SSSR count). The third kappa shape index (κ3) is 4.15. The lowest BCUT2D eigenvalue weighted by Gasteiger charge is -2.06. The molecule has 0 bridgehead atoms. The van der Waals surface area contributed by atoms with Crippen molar-refractivity contribution in [1.29, 1.82) is 0 Å². The first-order valence-corrected chi connectivity index (χ1v) is 8.73. The van der Waals surface area contributed by atoms with E-state index in [4.69, 9.17) is 9.47 Å². The number of carbonyl (C=O) groups is 1. The predicted octanol–water partition coefficient (Wildman–Crippen LogP) is 4.75. The number of cyclic esters (lactones) is 1. The van der Waals surface area contributed by atoms with Crippen LogP contribution in [-0.2, 0) is 16.1 Å². The molecule has 4 nitrogen and oxygen atoms in total. The molecule has 1 aliphatic heterocycles. The lowest BCUT2D eigenvalue weighted by atomic mass is 10.2. The average molecular weight is 373 g/mol. The van der Waals surface area contributed by atoms with Crippen LogP contribution in [0.25, 0.3) is 6.08 Å². The van der Waals surface area contributed by atoms with Gasteiger partial charge in [0.2, 0.25) is 5.90 Å². The molecule has 28 heavy (non-hydrogen) atoms. The number of hydrogen-bond donors (Lipinski definition) is 0. The van der Waals surface area contributed by atoms with E-state index in [1.807, 2.05) is 42.5 Å². The molecule has 3 aromatic carbocycles. The summed E-state index contributed by atoms with van der Waals surface area (Å²) >= 11 is 0. The Balaban J connectivity index is 1.44. The van der Waals surface area contributed by atoms with Crippen molar-refractivity contribution in [3.8, 4) is 5.75 Å². The van der Waals surface area contributed by atoms with Crippen LogP contribution in [0, 0.1) is 5.82 Å². The molecule has 0 fully saturated rings. The molecule has 0 radical (unpaired) electrons. The number of ether oxygens (including phenoxy) is 2. The van der Waals surface area contributed by atoms with Crippen LogP contribution in [0.1, 0.15) is 16.7 Å². The largest absolute Gasteiger partial charge is 0.489 e. The zero-order valence-electron chi connectivity index (χ0n) is 14.8. The monoisotopic (exact) mass is 373 g/mol. The van der Waals surface area contributed by atoms with Crippen molar-refractivity contribution in [3.63, 3.8) is 0 Å². The Kier molecular flexibility index (Phi) is 4.97. The third-order valence-electron chi connectivity index (χ3n) is 4.14. The Morgan fingerprint density at radius 2 is 1.64 bits per heavy atom. The van der Waals surface area contributed by atoms with E-state index >= 15 is 0 Å². The van der Waals surface area contributed by atoms with Gasteiger partial charge in [-0.3, -0.25) is 0 Å². The van der Waals surface area contributed by atoms with Crippen molar-refractivity contribution in [2.24, 2.45) is 4.99 Å². The fraction of sp³-hybridized carbons (Fsp3) is 0.0435. The summed E-state index contributed by atoms with van der Waals surface area (Å²) in [5.41, 5.74) is 2.69. The van der Waals surface area contributed by atoms with E-state index in [1.54, 1.807) is 30.3 Å². The van der Waals surface area contributed by atoms with Gasteiger partial charge in [-0.2, -0.15) is 0 Å². The van der Waals surface area contributed by atoms with Crippen LogP contribution in [-0.4, -0.2) is 11.9 Å². The zero-order chi connectivity index (χ0) is 19.3. The summed E-state index contributed by atoms with van der Waals surface area (Å²) in [7, 11) is 0. The topological polar surface area (TPSA) is 47.9 Å². The maximum atomic E-state index is 12.9. The van der Waals surface area contributed by atoms with Gasteiger partial charge in [0.25, 0.3) is 0 Å². The molecule has 3 aromatic rings. The van der Waals surface area contributed by atoms with Crippen LogP contribution in [0.5, 0.6) is 5.75 Å². The highest BCUT2D eigenvalue weighted by molar-refractivity contribution is 6.12. The Bertz CT molecular complexity index is 1040. The van der Waals surface area contributed by atoms with Crippen LogP contribution >= 0.6 is 0 Å². The van der Waals surface area contributed by atoms with Crippen molar-refractivity contribution < 1.29 is 18.7 Å². The van der Waals surface area contributed by atoms with E-state index in [2.05, 4.69) is 4.99 Å². The lowest BCUT2D eigenvalue weighted by Crippen LogP contribution is -2.04. The van der Waals surface area contributed by atoms with E-state index in [0.29, 0.717) is 18.3 Å². The number of carbonyl (C=O) groups excluding carboxylic acids is 1. The fourth-order valence-electron chi connectivity index (χ4n) is 2.68. The third-order valence-corrected chi connectivity index (χ3v) is 4.14. The number of benzene rings is 3. The van der Waals surface area contributed by atoms with Gasteiger partial charge in [0.15, 0.2) is 5.70 Å². The van der Waals surface area contributed by atoms with Gasteiger partial charge >= 0.3 is 5.97 Å². The summed E-state index contributed by atoms with van der Waals surface area (Å²) < 4.78 is 23.9. The number of esters is 1. The minimum Gasteiger partial charge on any atom is -0.489 e. The van der Waals surface area contributed by atoms with Crippen molar-refractivity contribution in [3.05, 3.63) is 107 Å². The molecule has 0 aliphatic carbocycles. The predicted molar refractivity (Wildman–Crippen MR) is 104 cm³/mol. The lowest BCUT2D eigenvalue weighted by molar-refractivity contribution is -0.129. The van der Waals surface area contributed by atoms with Crippen molar-refractivity contribution >= 4 is 17.9 Å². The van der Waals surface area contributed by atoms with Gasteiger partial charge in [0, 0.05) is 5.56 Å². The Labute approximate surface area is 161 Å². The highest BCUT2D eigenvalue weighted by atomic mass is 19.1. The quantitative estimate of drug-likeness (QED) is 0.479. The van der Waals surface area contributed by atoms with Crippen molar-refractivity contribution in [2.45, 2.75) is 6.61 Å². The standard InChI is InChI=1S/C23H16FNO3/c24-19-10-6-17(7-11-19)15-27-20-12-8-16(9-13-20)14-21-23(26)28-22(25-21)18-4-2-1-3-5-18/h1-14H,15H2/b21-14-. The molecule has 0 saturated heterocycles. The van der Waals surface area contributed by atoms with E-state index in [0.717, 1.165) is 16.7 Å². The molecule has 0 unspecified atom stereocenters. The first-order valence-electron chi connectivity index (χ1n) is 8.73. The molecule has 0 N–H and O–H groups in total. The minimum absolute atomic E-state index is 0.249. The summed E-state index contributed by atoms with van der Waals surface area (Å²) in [5, 5.41) is 0. The normalized spacial score (nSPS) is 14.7. The summed E-state index contributed by atoms with van der Waals surface area (Å²) in [6.45, 7) is 0.345. The molecular formula is C23H16FNO3. The van der Waals surface area contributed by atoms with Gasteiger partial charge in [-0.05, 0) is 53.6 Å². The Morgan fingerprint density at radius 1 is 0.929 bits per heavy atom. The molecule has 0 aromatic heterocycles. The maximum absolute atomic E-state index is 12.9. The number of aliphatic imine (C=N–C) groups is 1. The van der Waals surface area contributed by atoms with Crippen LogP contribution in [0.4, 0.5) is 4.39 Å². The van der Waals surface area contributed by atoms with Gasteiger partial charge in [-0.15, -0.1) is 0 Å². The average Bonchev–Trinajstić information content (AvgIpc) is 3.10. The molecule has 1 heterocycles. The number of nitrogens with zero attached hydrogens (tertiary/aromatic N) is 1. The van der Waals surface area contributed by atoms with Crippen LogP contribution in [0.2, 0.25) is 0 Å². The second-order valence-corrected chi connectivity index (χ2v) is 6.19. The summed E-state index contributed by atoms with van der Waals surface area (Å²) in [6, 6.07) is 22.7. The summed E-state index contributed by atoms with van der Waals surface area (Å²) in [5.74, 6) is 0.227. The molecule has 0 amide bonds. The summed E-state index contributed by atoms with van der Waals surface area (Å²) in [4.78, 5) is 16.3. The maximum Gasteiger partial charge on any atom is 0.363 e. The van der Waals surface area contributed by atoms with Crippen LogP contribution in [0.15, 0.2) is 89.6 Å². The van der Waals surface area contributed by atoms with Gasteiger partial charge in [0.05, 0.1) is 0 Å². The molecule has 0 atom stereocenters. The zero-order valence-corrected chi connectivity index (χ0v) is 14.8. The van der Waals surface area contributed by atoms with E-state index in [-0.39, 0.29) is 11.5 Å². The molecule has 138 valence electrons.